The van der Waals surface area contributed by atoms with Gasteiger partial charge in [0.25, 0.3) is 0 Å². The summed E-state index contributed by atoms with van der Waals surface area (Å²) in [6, 6.07) is 23.7. The zero-order chi connectivity index (χ0) is 24.2. The van der Waals surface area contributed by atoms with Crippen LogP contribution in [0.15, 0.2) is 89.8 Å². The number of ketones is 1. The summed E-state index contributed by atoms with van der Waals surface area (Å²) < 4.78 is 30.7. The smallest absolute Gasteiger partial charge is 0.325 e. The molecule has 1 aliphatic heterocycles. The predicted octanol–water partition coefficient (Wildman–Crippen LogP) is 4.05. The molecule has 176 valence electrons. The van der Waals surface area contributed by atoms with Crippen molar-refractivity contribution in [2.45, 2.75) is 22.5 Å². The number of ether oxygens (including phenoxy) is 1. The Hall–Kier alpha value is -3.49. The molecule has 34 heavy (non-hydrogen) atoms. The number of carboxylic acid groups (broad SMARTS) is 1. The third-order valence-corrected chi connectivity index (χ3v) is 8.65. The molecule has 4 rings (SSSR count). The van der Waals surface area contributed by atoms with Gasteiger partial charge < -0.3 is 9.84 Å². The Morgan fingerprint density at radius 1 is 0.824 bits per heavy atom. The Morgan fingerprint density at radius 2 is 1.35 bits per heavy atom. The predicted molar refractivity (Wildman–Crippen MR) is 127 cm³/mol. The highest BCUT2D eigenvalue weighted by atomic mass is 32.2. The molecule has 1 fully saturated rings. The van der Waals surface area contributed by atoms with E-state index in [-0.39, 0.29) is 43.2 Å². The number of carbonyl (C=O) groups is 2. The van der Waals surface area contributed by atoms with Gasteiger partial charge in [-0.3, -0.25) is 14.5 Å². The first-order valence-corrected chi connectivity index (χ1v) is 12.4. The molecule has 8 heteroatoms. The molecule has 1 heterocycles. The molecular weight excluding hydrogens is 454 g/mol. The van der Waals surface area contributed by atoms with Crippen molar-refractivity contribution in [3.05, 3.63) is 90.5 Å². The minimum atomic E-state index is -4.18. The lowest BCUT2D eigenvalue weighted by atomic mass is 9.95. The molecule has 0 aromatic heterocycles. The van der Waals surface area contributed by atoms with Crippen LogP contribution < -0.4 is 4.74 Å². The Kier molecular flexibility index (Phi) is 6.81. The zero-order valence-corrected chi connectivity index (χ0v) is 19.3. The van der Waals surface area contributed by atoms with E-state index in [9.17, 15) is 23.1 Å². The van der Waals surface area contributed by atoms with Crippen LogP contribution in [0.25, 0.3) is 0 Å². The normalized spacial score (nSPS) is 16.0. The summed E-state index contributed by atoms with van der Waals surface area (Å²) in [7, 11) is -4.18. The molecule has 0 saturated carbocycles. The van der Waals surface area contributed by atoms with Crippen LogP contribution in [-0.4, -0.2) is 54.6 Å². The maximum Gasteiger partial charge on any atom is 0.325 e. The van der Waals surface area contributed by atoms with Crippen molar-refractivity contribution in [3.8, 4) is 11.5 Å². The van der Waals surface area contributed by atoms with Crippen LogP contribution >= 0.6 is 0 Å². The van der Waals surface area contributed by atoms with Gasteiger partial charge in [0, 0.05) is 18.7 Å². The van der Waals surface area contributed by atoms with Crippen molar-refractivity contribution in [2.24, 2.45) is 0 Å². The fraction of sp³-hybridized carbons (Fsp3) is 0.231. The van der Waals surface area contributed by atoms with Crippen molar-refractivity contribution in [2.75, 3.05) is 19.6 Å². The molecular formula is C26H25NO6S. The van der Waals surface area contributed by atoms with Crippen molar-refractivity contribution in [1.82, 2.24) is 4.90 Å². The summed E-state index contributed by atoms with van der Waals surface area (Å²) in [5.41, 5.74) is 0.572. The molecule has 1 saturated heterocycles. The molecule has 1 N–H and O–H groups in total. The molecule has 7 nitrogen and oxygen atoms in total. The van der Waals surface area contributed by atoms with E-state index in [1.807, 2.05) is 29.2 Å². The van der Waals surface area contributed by atoms with Gasteiger partial charge in [0.05, 0.1) is 11.4 Å². The summed E-state index contributed by atoms with van der Waals surface area (Å²) >= 11 is 0. The van der Waals surface area contributed by atoms with Crippen molar-refractivity contribution < 1.29 is 27.9 Å². The minimum absolute atomic E-state index is 0.0656. The number of sulfone groups is 1. The quantitative estimate of drug-likeness (QED) is 0.486. The number of likely N-dealkylation sites (tertiary alicyclic amines) is 1. The lowest BCUT2D eigenvalue weighted by Crippen LogP contribution is -2.54. The number of carboxylic acids is 1. The Morgan fingerprint density at radius 3 is 1.91 bits per heavy atom. The highest BCUT2D eigenvalue weighted by Gasteiger charge is 2.53. The highest BCUT2D eigenvalue weighted by Crippen LogP contribution is 2.37. The molecule has 0 spiro atoms. The molecule has 0 amide bonds. The van der Waals surface area contributed by atoms with Crippen LogP contribution in [0.4, 0.5) is 0 Å². The standard InChI is InChI=1S/C26H25NO6S/c28-24(20-7-3-1-4-8-20)19-27-17-15-26(16-18-27,25(29)30)34(31,32)23-13-11-22(12-14-23)33-21-9-5-2-6-10-21/h1-14H,15-19H2,(H,29,30). The summed E-state index contributed by atoms with van der Waals surface area (Å²) in [5.74, 6) is -0.396. The number of benzene rings is 3. The summed E-state index contributed by atoms with van der Waals surface area (Å²) in [5, 5.41) is 9.99. The van der Waals surface area contributed by atoms with E-state index in [0.29, 0.717) is 17.1 Å². The van der Waals surface area contributed by atoms with Crippen LogP contribution in [0.5, 0.6) is 11.5 Å². The molecule has 0 radical (unpaired) electrons. The maximum atomic E-state index is 13.5. The van der Waals surface area contributed by atoms with E-state index >= 15 is 0 Å². The fourth-order valence-corrected chi connectivity index (χ4v) is 6.02. The average Bonchev–Trinajstić information content (AvgIpc) is 2.86. The van der Waals surface area contributed by atoms with Gasteiger partial charge in [0.15, 0.2) is 20.4 Å². The number of hydrogen-bond acceptors (Lipinski definition) is 6. The molecule has 0 unspecified atom stereocenters. The highest BCUT2D eigenvalue weighted by molar-refractivity contribution is 7.93. The molecule has 3 aromatic carbocycles. The fourth-order valence-electron chi connectivity index (χ4n) is 4.13. The number of Topliss-reactive ketones (excluding diaryl/α,β-unsaturated/α-hetero) is 1. The van der Waals surface area contributed by atoms with E-state index in [1.165, 1.54) is 24.3 Å². The van der Waals surface area contributed by atoms with Gasteiger partial charge in [-0.1, -0.05) is 48.5 Å². The van der Waals surface area contributed by atoms with E-state index < -0.39 is 20.6 Å². The van der Waals surface area contributed by atoms with Gasteiger partial charge in [0.2, 0.25) is 0 Å². The number of piperidine rings is 1. The van der Waals surface area contributed by atoms with Crippen molar-refractivity contribution in [1.29, 1.82) is 0 Å². The zero-order valence-electron chi connectivity index (χ0n) is 18.5. The minimum Gasteiger partial charge on any atom is -0.480 e. The first kappa shape index (κ1) is 23.7. The van der Waals surface area contributed by atoms with Crippen LogP contribution in [0.1, 0.15) is 23.2 Å². The van der Waals surface area contributed by atoms with Crippen molar-refractivity contribution in [3.63, 3.8) is 0 Å². The topological polar surface area (TPSA) is 101 Å². The third kappa shape index (κ3) is 4.73. The van der Waals surface area contributed by atoms with E-state index in [0.717, 1.165) is 0 Å². The molecule has 3 aromatic rings. The molecule has 1 aliphatic rings. The van der Waals surface area contributed by atoms with Gasteiger partial charge in [-0.15, -0.1) is 0 Å². The second-order valence-electron chi connectivity index (χ2n) is 8.25. The van der Waals surface area contributed by atoms with Gasteiger partial charge in [-0.25, -0.2) is 8.42 Å². The average molecular weight is 480 g/mol. The second kappa shape index (κ2) is 9.79. The largest absolute Gasteiger partial charge is 0.480 e. The van der Waals surface area contributed by atoms with E-state index in [4.69, 9.17) is 4.74 Å². The Bertz CT molecular complexity index is 1250. The van der Waals surface area contributed by atoms with Gasteiger partial charge in [-0.05, 0) is 49.2 Å². The molecule has 0 bridgehead atoms. The molecule has 0 atom stereocenters. The van der Waals surface area contributed by atoms with E-state index in [2.05, 4.69) is 0 Å². The summed E-state index contributed by atoms with van der Waals surface area (Å²) in [4.78, 5) is 26.5. The van der Waals surface area contributed by atoms with E-state index in [1.54, 1.807) is 36.4 Å². The van der Waals surface area contributed by atoms with Crippen LogP contribution in [0.2, 0.25) is 0 Å². The number of para-hydroxylation sites is 1. The Labute approximate surface area is 198 Å². The van der Waals surface area contributed by atoms with Crippen LogP contribution in [-0.2, 0) is 14.6 Å². The monoisotopic (exact) mass is 479 g/mol. The van der Waals surface area contributed by atoms with Crippen LogP contribution in [0, 0.1) is 0 Å². The lowest BCUT2D eigenvalue weighted by Gasteiger charge is -2.38. The third-order valence-electron chi connectivity index (χ3n) is 6.14. The van der Waals surface area contributed by atoms with Gasteiger partial charge in [0.1, 0.15) is 11.5 Å². The van der Waals surface area contributed by atoms with Gasteiger partial charge in [-0.2, -0.15) is 0 Å². The SMILES string of the molecule is O=C(CN1CCC(C(=O)O)(S(=O)(=O)c2ccc(Oc3ccccc3)cc2)CC1)c1ccccc1. The summed E-state index contributed by atoms with van der Waals surface area (Å²) in [6.07, 6.45) is -0.204. The number of aliphatic carboxylic acids is 1. The van der Waals surface area contributed by atoms with Crippen molar-refractivity contribution >= 4 is 21.6 Å². The second-order valence-corrected chi connectivity index (χ2v) is 10.5. The molecule has 0 aliphatic carbocycles. The Balaban J connectivity index is 1.48. The lowest BCUT2D eigenvalue weighted by molar-refractivity contribution is -0.141. The van der Waals surface area contributed by atoms with Crippen LogP contribution in [0.3, 0.4) is 0 Å². The number of nitrogens with zero attached hydrogens (tertiary/aromatic N) is 1. The number of carbonyl (C=O) groups excluding carboxylic acids is 1. The first-order chi connectivity index (χ1) is 16.3. The number of rotatable bonds is 8. The maximum absolute atomic E-state index is 13.5. The first-order valence-electron chi connectivity index (χ1n) is 10.9. The summed E-state index contributed by atoms with van der Waals surface area (Å²) in [6.45, 7) is 0.504. The number of hydrogen-bond donors (Lipinski definition) is 1. The van der Waals surface area contributed by atoms with Gasteiger partial charge >= 0.3 is 5.97 Å².